The zero-order chi connectivity index (χ0) is 13.2. The Morgan fingerprint density at radius 1 is 1.21 bits per heavy atom. The average molecular weight is 257 g/mol. The molecule has 0 radical (unpaired) electrons. The van der Waals surface area contributed by atoms with Crippen LogP contribution in [-0.2, 0) is 6.54 Å². The molecule has 102 valence electrons. The van der Waals surface area contributed by atoms with Gasteiger partial charge < -0.3 is 4.98 Å². The lowest BCUT2D eigenvalue weighted by Crippen LogP contribution is -2.51. The van der Waals surface area contributed by atoms with E-state index in [1.165, 1.54) is 35.7 Å². The van der Waals surface area contributed by atoms with Crippen molar-refractivity contribution in [1.29, 1.82) is 0 Å². The highest BCUT2D eigenvalue weighted by Gasteiger charge is 2.23. The van der Waals surface area contributed by atoms with Crippen molar-refractivity contribution in [2.75, 3.05) is 0 Å². The second-order valence-corrected chi connectivity index (χ2v) is 5.77. The van der Waals surface area contributed by atoms with Gasteiger partial charge in [0.2, 0.25) is 0 Å². The van der Waals surface area contributed by atoms with Crippen molar-refractivity contribution in [1.82, 2.24) is 15.4 Å². The highest BCUT2D eigenvalue weighted by molar-refractivity contribution is 5.79. The number of H-pyrrole nitrogens is 1. The summed E-state index contributed by atoms with van der Waals surface area (Å²) in [6, 6.07) is 10.0. The number of aromatic amines is 1. The highest BCUT2D eigenvalue weighted by atomic mass is 15.5. The zero-order valence-corrected chi connectivity index (χ0v) is 11.8. The first-order valence-electron chi connectivity index (χ1n) is 7.32. The molecular weight excluding hydrogens is 234 g/mol. The molecule has 2 atom stereocenters. The van der Waals surface area contributed by atoms with Gasteiger partial charge in [-0.15, -0.1) is 0 Å². The molecule has 2 aromatic rings. The van der Waals surface area contributed by atoms with Gasteiger partial charge in [0.05, 0.1) is 0 Å². The van der Waals surface area contributed by atoms with Crippen LogP contribution in [0.3, 0.4) is 0 Å². The van der Waals surface area contributed by atoms with Gasteiger partial charge in [0.25, 0.3) is 0 Å². The SMILES string of the molecule is CC1CCCC(C)N1NCc1ccc2cc[nH]c2c1. The van der Waals surface area contributed by atoms with Crippen LogP contribution in [0.2, 0.25) is 0 Å². The van der Waals surface area contributed by atoms with Crippen LogP contribution in [-0.4, -0.2) is 22.1 Å². The molecular formula is C16H23N3. The van der Waals surface area contributed by atoms with Crippen LogP contribution >= 0.6 is 0 Å². The van der Waals surface area contributed by atoms with E-state index in [0.717, 1.165) is 6.54 Å². The number of benzene rings is 1. The predicted octanol–water partition coefficient (Wildman–Crippen LogP) is 3.44. The molecule has 1 aliphatic rings. The second-order valence-electron chi connectivity index (χ2n) is 5.77. The van der Waals surface area contributed by atoms with Crippen molar-refractivity contribution in [2.45, 2.75) is 51.7 Å². The molecule has 2 heterocycles. The van der Waals surface area contributed by atoms with Gasteiger partial charge >= 0.3 is 0 Å². The fourth-order valence-corrected chi connectivity index (χ4v) is 3.12. The highest BCUT2D eigenvalue weighted by Crippen LogP contribution is 2.21. The van der Waals surface area contributed by atoms with E-state index in [1.54, 1.807) is 0 Å². The summed E-state index contributed by atoms with van der Waals surface area (Å²) < 4.78 is 0. The molecule has 0 spiro atoms. The Hall–Kier alpha value is -1.32. The maximum atomic E-state index is 3.61. The van der Waals surface area contributed by atoms with Crippen molar-refractivity contribution in [2.24, 2.45) is 0 Å². The quantitative estimate of drug-likeness (QED) is 0.882. The lowest BCUT2D eigenvalue weighted by molar-refractivity contribution is 0.0436. The van der Waals surface area contributed by atoms with Gasteiger partial charge in [-0.3, -0.25) is 5.43 Å². The number of aromatic nitrogens is 1. The minimum atomic E-state index is 0.637. The van der Waals surface area contributed by atoms with Crippen LogP contribution in [0.1, 0.15) is 38.7 Å². The Labute approximate surface area is 115 Å². The standard InChI is InChI=1S/C16H23N3/c1-12-4-3-5-13(2)19(12)18-11-14-6-7-15-8-9-17-16(15)10-14/h6-10,12-13,17-18H,3-5,11H2,1-2H3. The Morgan fingerprint density at radius 3 is 2.79 bits per heavy atom. The van der Waals surface area contributed by atoms with Gasteiger partial charge in [0.15, 0.2) is 0 Å². The Balaban J connectivity index is 1.67. The molecule has 1 aromatic carbocycles. The fourth-order valence-electron chi connectivity index (χ4n) is 3.12. The van der Waals surface area contributed by atoms with Gasteiger partial charge in [-0.1, -0.05) is 18.6 Å². The monoisotopic (exact) mass is 257 g/mol. The third-order valence-electron chi connectivity index (χ3n) is 4.28. The van der Waals surface area contributed by atoms with Crippen molar-refractivity contribution in [3.05, 3.63) is 36.0 Å². The number of hydrazine groups is 1. The number of piperidine rings is 1. The number of hydrogen-bond acceptors (Lipinski definition) is 2. The Morgan fingerprint density at radius 2 is 2.00 bits per heavy atom. The molecule has 0 aliphatic carbocycles. The average Bonchev–Trinajstić information content (AvgIpc) is 2.85. The first-order chi connectivity index (χ1) is 9.24. The number of nitrogens with zero attached hydrogens (tertiary/aromatic N) is 1. The molecule has 1 saturated heterocycles. The minimum absolute atomic E-state index is 0.637. The summed E-state index contributed by atoms with van der Waals surface area (Å²) in [6.07, 6.45) is 5.95. The van der Waals surface area contributed by atoms with E-state index < -0.39 is 0 Å². The van der Waals surface area contributed by atoms with Crippen LogP contribution in [0.5, 0.6) is 0 Å². The first-order valence-corrected chi connectivity index (χ1v) is 7.32. The van der Waals surface area contributed by atoms with E-state index in [1.807, 2.05) is 6.20 Å². The molecule has 0 saturated carbocycles. The van der Waals surface area contributed by atoms with E-state index in [4.69, 9.17) is 0 Å². The fraction of sp³-hybridized carbons (Fsp3) is 0.500. The Kier molecular flexibility index (Phi) is 3.58. The Bertz CT molecular complexity index is 536. The van der Waals surface area contributed by atoms with Gasteiger partial charge in [-0.25, -0.2) is 5.01 Å². The van der Waals surface area contributed by atoms with Crippen LogP contribution < -0.4 is 5.43 Å². The van der Waals surface area contributed by atoms with E-state index in [9.17, 15) is 0 Å². The molecule has 0 bridgehead atoms. The molecule has 19 heavy (non-hydrogen) atoms. The van der Waals surface area contributed by atoms with E-state index in [0.29, 0.717) is 12.1 Å². The lowest BCUT2D eigenvalue weighted by atomic mass is 10.00. The second kappa shape index (κ2) is 5.35. The van der Waals surface area contributed by atoms with Crippen LogP contribution in [0.15, 0.2) is 30.5 Å². The van der Waals surface area contributed by atoms with E-state index in [-0.39, 0.29) is 0 Å². The molecule has 2 N–H and O–H groups in total. The normalized spacial score (nSPS) is 24.9. The van der Waals surface area contributed by atoms with Gasteiger partial charge in [-0.05, 0) is 49.8 Å². The third-order valence-corrected chi connectivity index (χ3v) is 4.28. The van der Waals surface area contributed by atoms with Crippen LogP contribution in [0.25, 0.3) is 10.9 Å². The zero-order valence-electron chi connectivity index (χ0n) is 11.8. The molecule has 1 aromatic heterocycles. The molecule has 3 nitrogen and oxygen atoms in total. The summed E-state index contributed by atoms with van der Waals surface area (Å²) in [5.41, 5.74) is 6.17. The topological polar surface area (TPSA) is 31.1 Å². The largest absolute Gasteiger partial charge is 0.361 e. The molecule has 1 fully saturated rings. The van der Waals surface area contributed by atoms with Crippen LogP contribution in [0.4, 0.5) is 0 Å². The summed E-state index contributed by atoms with van der Waals surface area (Å²) in [6.45, 7) is 5.54. The molecule has 3 rings (SSSR count). The van der Waals surface area contributed by atoms with Crippen molar-refractivity contribution in [3.63, 3.8) is 0 Å². The number of fused-ring (bicyclic) bond motifs is 1. The number of nitrogens with one attached hydrogen (secondary N) is 2. The summed E-state index contributed by atoms with van der Waals surface area (Å²) in [5.74, 6) is 0. The van der Waals surface area contributed by atoms with Crippen molar-refractivity contribution in [3.8, 4) is 0 Å². The molecule has 3 heteroatoms. The smallest absolute Gasteiger partial charge is 0.0457 e. The van der Waals surface area contributed by atoms with E-state index >= 15 is 0 Å². The van der Waals surface area contributed by atoms with Gasteiger partial charge in [0, 0.05) is 30.3 Å². The summed E-state index contributed by atoms with van der Waals surface area (Å²) in [7, 11) is 0. The predicted molar refractivity (Wildman–Crippen MR) is 79.8 cm³/mol. The maximum Gasteiger partial charge on any atom is 0.0457 e. The summed E-state index contributed by atoms with van der Waals surface area (Å²) >= 11 is 0. The van der Waals surface area contributed by atoms with Gasteiger partial charge in [0.1, 0.15) is 0 Å². The van der Waals surface area contributed by atoms with Crippen LogP contribution in [0, 0.1) is 0 Å². The summed E-state index contributed by atoms with van der Waals surface area (Å²) in [4.78, 5) is 3.27. The molecule has 1 aliphatic heterocycles. The third kappa shape index (κ3) is 2.67. The number of rotatable bonds is 3. The lowest BCUT2D eigenvalue weighted by Gasteiger charge is -2.39. The first kappa shape index (κ1) is 12.7. The van der Waals surface area contributed by atoms with Crippen molar-refractivity contribution >= 4 is 10.9 Å². The van der Waals surface area contributed by atoms with E-state index in [2.05, 4.69) is 53.5 Å². The number of hydrogen-bond donors (Lipinski definition) is 2. The summed E-state index contributed by atoms with van der Waals surface area (Å²) in [5, 5.41) is 3.71. The van der Waals surface area contributed by atoms with Gasteiger partial charge in [-0.2, -0.15) is 0 Å². The van der Waals surface area contributed by atoms with Crippen molar-refractivity contribution < 1.29 is 0 Å². The molecule has 0 amide bonds. The molecule has 2 unspecified atom stereocenters. The maximum absolute atomic E-state index is 3.61. The minimum Gasteiger partial charge on any atom is -0.361 e.